The Morgan fingerprint density at radius 3 is 1.86 bits per heavy atom. The van der Waals surface area contributed by atoms with Crippen molar-refractivity contribution in [3.05, 3.63) is 59.7 Å². The van der Waals surface area contributed by atoms with Crippen LogP contribution in [0.4, 0.5) is 11.4 Å². The topological polar surface area (TPSA) is 6.48 Å². The maximum atomic E-state index is 2.50. The van der Waals surface area contributed by atoms with Crippen molar-refractivity contribution in [3.63, 3.8) is 0 Å². The molecule has 21 heavy (non-hydrogen) atoms. The predicted octanol–water partition coefficient (Wildman–Crippen LogP) is 3.87. The summed E-state index contributed by atoms with van der Waals surface area (Å²) in [6.45, 7) is 3.30. The average molecular weight is 280 g/mol. The first-order valence-electron chi connectivity index (χ1n) is 7.76. The molecule has 0 fully saturated rings. The van der Waals surface area contributed by atoms with E-state index < -0.39 is 0 Å². The van der Waals surface area contributed by atoms with Crippen LogP contribution in [0.15, 0.2) is 48.5 Å². The Morgan fingerprint density at radius 1 is 0.905 bits per heavy atom. The lowest BCUT2D eigenvalue weighted by Crippen LogP contribution is -2.36. The molecule has 0 saturated carbocycles. The first kappa shape index (κ1) is 14.2. The molecule has 2 aromatic rings. The number of nitrogens with zero attached hydrogens (tertiary/aromatic N) is 2. The fraction of sp³-hybridized carbons (Fsp3) is 0.368. The zero-order chi connectivity index (χ0) is 14.8. The molecular weight excluding hydrogens is 256 g/mol. The number of likely N-dealkylation sites (N-methyl/N-ethyl adjacent to an activating group) is 1. The second kappa shape index (κ2) is 5.90. The highest BCUT2D eigenvalue weighted by Gasteiger charge is 2.22. The van der Waals surface area contributed by atoms with E-state index in [9.17, 15) is 0 Å². The zero-order valence-corrected chi connectivity index (χ0v) is 13.2. The van der Waals surface area contributed by atoms with E-state index in [1.54, 1.807) is 0 Å². The SMILES string of the molecule is CC(CN1c2ccccc2CCc2ccccc21)N(C)C. The van der Waals surface area contributed by atoms with E-state index in [-0.39, 0.29) is 0 Å². The minimum atomic E-state index is 0.504. The van der Waals surface area contributed by atoms with Gasteiger partial charge in [0, 0.05) is 24.0 Å². The van der Waals surface area contributed by atoms with Gasteiger partial charge in [-0.05, 0) is 57.1 Å². The Kier molecular flexibility index (Phi) is 3.98. The molecule has 1 aliphatic heterocycles. The molecule has 0 bridgehead atoms. The van der Waals surface area contributed by atoms with Crippen molar-refractivity contribution < 1.29 is 0 Å². The molecule has 0 radical (unpaired) electrons. The van der Waals surface area contributed by atoms with Crippen LogP contribution in [-0.4, -0.2) is 31.6 Å². The van der Waals surface area contributed by atoms with Gasteiger partial charge in [0.2, 0.25) is 0 Å². The van der Waals surface area contributed by atoms with Gasteiger partial charge in [-0.3, -0.25) is 0 Å². The zero-order valence-electron chi connectivity index (χ0n) is 13.2. The fourth-order valence-electron chi connectivity index (χ4n) is 2.99. The maximum absolute atomic E-state index is 2.50. The first-order chi connectivity index (χ1) is 10.2. The fourth-order valence-corrected chi connectivity index (χ4v) is 2.99. The van der Waals surface area contributed by atoms with Crippen LogP contribution in [0, 0.1) is 0 Å². The molecular formula is C19H24N2. The van der Waals surface area contributed by atoms with Crippen molar-refractivity contribution in [2.45, 2.75) is 25.8 Å². The van der Waals surface area contributed by atoms with Gasteiger partial charge in [0.1, 0.15) is 0 Å². The molecule has 0 spiro atoms. The smallest absolute Gasteiger partial charge is 0.0444 e. The third-order valence-electron chi connectivity index (χ3n) is 4.56. The number of hydrogen-bond donors (Lipinski definition) is 0. The quantitative estimate of drug-likeness (QED) is 0.842. The van der Waals surface area contributed by atoms with E-state index in [1.807, 2.05) is 0 Å². The van der Waals surface area contributed by atoms with Crippen LogP contribution in [0.25, 0.3) is 0 Å². The van der Waals surface area contributed by atoms with Gasteiger partial charge in [0.25, 0.3) is 0 Å². The Bertz CT molecular complexity index is 571. The van der Waals surface area contributed by atoms with Crippen LogP contribution in [0.1, 0.15) is 18.1 Å². The van der Waals surface area contributed by atoms with Crippen LogP contribution < -0.4 is 4.90 Å². The molecule has 110 valence electrons. The normalized spacial score (nSPS) is 15.3. The highest BCUT2D eigenvalue weighted by molar-refractivity contribution is 5.71. The summed E-state index contributed by atoms with van der Waals surface area (Å²) < 4.78 is 0. The van der Waals surface area contributed by atoms with Crippen molar-refractivity contribution in [2.75, 3.05) is 25.5 Å². The highest BCUT2D eigenvalue weighted by atomic mass is 15.2. The molecule has 0 saturated heterocycles. The van der Waals surface area contributed by atoms with E-state index in [2.05, 4.69) is 79.3 Å². The van der Waals surface area contributed by atoms with E-state index in [1.165, 1.54) is 22.5 Å². The molecule has 1 heterocycles. The van der Waals surface area contributed by atoms with Gasteiger partial charge in [0.05, 0.1) is 0 Å². The lowest BCUT2D eigenvalue weighted by atomic mass is 10.0. The largest absolute Gasteiger partial charge is 0.339 e. The van der Waals surface area contributed by atoms with E-state index in [0.29, 0.717) is 6.04 Å². The van der Waals surface area contributed by atoms with Gasteiger partial charge >= 0.3 is 0 Å². The van der Waals surface area contributed by atoms with Crippen molar-refractivity contribution >= 4 is 11.4 Å². The molecule has 2 aromatic carbocycles. The summed E-state index contributed by atoms with van der Waals surface area (Å²) in [5.74, 6) is 0. The monoisotopic (exact) mass is 280 g/mol. The molecule has 0 aromatic heterocycles. The third kappa shape index (κ3) is 2.81. The summed E-state index contributed by atoms with van der Waals surface area (Å²) in [5, 5.41) is 0. The summed E-state index contributed by atoms with van der Waals surface area (Å²) in [5.41, 5.74) is 5.66. The first-order valence-corrected chi connectivity index (χ1v) is 7.76. The van der Waals surface area contributed by atoms with Gasteiger partial charge in [-0.2, -0.15) is 0 Å². The summed E-state index contributed by atoms with van der Waals surface area (Å²) >= 11 is 0. The predicted molar refractivity (Wildman–Crippen MR) is 90.4 cm³/mol. The van der Waals surface area contributed by atoms with Crippen LogP contribution in [0.3, 0.4) is 0 Å². The van der Waals surface area contributed by atoms with Crippen LogP contribution in [-0.2, 0) is 12.8 Å². The van der Waals surface area contributed by atoms with E-state index in [4.69, 9.17) is 0 Å². The molecule has 0 aliphatic carbocycles. The van der Waals surface area contributed by atoms with Gasteiger partial charge in [0.15, 0.2) is 0 Å². The third-order valence-corrected chi connectivity index (χ3v) is 4.56. The summed E-state index contributed by atoms with van der Waals surface area (Å²) in [6, 6.07) is 18.2. The van der Waals surface area contributed by atoms with Gasteiger partial charge in [-0.25, -0.2) is 0 Å². The number of fused-ring (bicyclic) bond motifs is 2. The summed E-state index contributed by atoms with van der Waals surface area (Å²) in [6.07, 6.45) is 2.25. The molecule has 1 aliphatic rings. The molecule has 3 rings (SSSR count). The minimum absolute atomic E-state index is 0.504. The Balaban J connectivity index is 2.06. The van der Waals surface area contributed by atoms with Crippen LogP contribution >= 0.6 is 0 Å². The number of hydrogen-bond acceptors (Lipinski definition) is 2. The van der Waals surface area contributed by atoms with Gasteiger partial charge in [-0.1, -0.05) is 36.4 Å². The molecule has 2 heteroatoms. The van der Waals surface area contributed by atoms with E-state index >= 15 is 0 Å². The number of para-hydroxylation sites is 2. The molecule has 1 atom stereocenters. The molecule has 1 unspecified atom stereocenters. The second-order valence-corrected chi connectivity index (χ2v) is 6.18. The van der Waals surface area contributed by atoms with Crippen molar-refractivity contribution in [3.8, 4) is 0 Å². The van der Waals surface area contributed by atoms with Crippen LogP contribution in [0.2, 0.25) is 0 Å². The van der Waals surface area contributed by atoms with Crippen molar-refractivity contribution in [1.29, 1.82) is 0 Å². The van der Waals surface area contributed by atoms with Crippen molar-refractivity contribution in [2.24, 2.45) is 0 Å². The number of anilines is 2. The summed E-state index contributed by atoms with van der Waals surface area (Å²) in [4.78, 5) is 4.79. The Labute approximate surface area is 128 Å². The number of aryl methyl sites for hydroxylation is 2. The van der Waals surface area contributed by atoms with E-state index in [0.717, 1.165) is 19.4 Å². The van der Waals surface area contributed by atoms with Crippen molar-refractivity contribution in [1.82, 2.24) is 4.90 Å². The molecule has 0 N–H and O–H groups in total. The molecule has 0 amide bonds. The standard InChI is InChI=1S/C19H24N2/c1-15(20(2)3)14-21-18-10-6-4-8-16(18)12-13-17-9-5-7-11-19(17)21/h4-11,15H,12-14H2,1-3H3. The minimum Gasteiger partial charge on any atom is -0.339 e. The Hall–Kier alpha value is -1.80. The average Bonchev–Trinajstić information content (AvgIpc) is 2.65. The lowest BCUT2D eigenvalue weighted by molar-refractivity contribution is 0.319. The van der Waals surface area contributed by atoms with Gasteiger partial charge < -0.3 is 9.80 Å². The van der Waals surface area contributed by atoms with Crippen LogP contribution in [0.5, 0.6) is 0 Å². The Morgan fingerprint density at radius 2 is 1.38 bits per heavy atom. The van der Waals surface area contributed by atoms with Gasteiger partial charge in [-0.15, -0.1) is 0 Å². The molecule has 2 nitrogen and oxygen atoms in total. The lowest BCUT2D eigenvalue weighted by Gasteiger charge is -2.32. The number of benzene rings is 2. The second-order valence-electron chi connectivity index (χ2n) is 6.18. The maximum Gasteiger partial charge on any atom is 0.0444 e. The number of rotatable bonds is 3. The summed E-state index contributed by atoms with van der Waals surface area (Å²) in [7, 11) is 4.31. The highest BCUT2D eigenvalue weighted by Crippen LogP contribution is 2.35.